The number of thiazole rings is 1. The summed E-state index contributed by atoms with van der Waals surface area (Å²) in [5.74, 6) is 1.95. The molecular weight excluding hydrogens is 422 g/mol. The second-order valence-electron chi connectivity index (χ2n) is 8.03. The topological polar surface area (TPSA) is 116 Å². The van der Waals surface area contributed by atoms with Crippen LogP contribution in [0.4, 0.5) is 16.9 Å². The van der Waals surface area contributed by atoms with Gasteiger partial charge < -0.3 is 21.1 Å². The lowest BCUT2D eigenvalue weighted by atomic mass is 10.0. The van der Waals surface area contributed by atoms with Gasteiger partial charge in [-0.1, -0.05) is 31.3 Å². The van der Waals surface area contributed by atoms with E-state index in [2.05, 4.69) is 38.7 Å². The van der Waals surface area contributed by atoms with Crippen LogP contribution in [-0.2, 0) is 6.54 Å². The lowest BCUT2D eigenvalue weighted by Crippen LogP contribution is -2.28. The van der Waals surface area contributed by atoms with Crippen molar-refractivity contribution in [3.8, 4) is 16.9 Å². The molecule has 0 unspecified atom stereocenters. The lowest BCUT2D eigenvalue weighted by Gasteiger charge is -2.26. The predicted molar refractivity (Wildman–Crippen MR) is 129 cm³/mol. The first kappa shape index (κ1) is 16.2. The minimum atomic E-state index is -0.0585. The van der Waals surface area contributed by atoms with Gasteiger partial charge in [0.05, 0.1) is 9.29 Å². The van der Waals surface area contributed by atoms with Gasteiger partial charge in [-0.3, -0.25) is 0 Å². The number of hydrogen-bond donors (Lipinski definition) is 2. The molecule has 4 N–H and O–H groups in total. The van der Waals surface area contributed by atoms with Crippen molar-refractivity contribution in [1.29, 1.82) is 0 Å². The number of aryl methyl sites for hydroxylation is 1. The van der Waals surface area contributed by atoms with E-state index in [4.69, 9.17) is 16.0 Å². The van der Waals surface area contributed by atoms with Crippen molar-refractivity contribution in [2.45, 2.75) is 33.2 Å². The van der Waals surface area contributed by atoms with Gasteiger partial charge in [-0.25, -0.2) is 15.0 Å². The Hall–Kier alpha value is -3.46. The highest BCUT2D eigenvalue weighted by atomic mass is 32.1. The molecule has 32 heavy (non-hydrogen) atoms. The molecule has 4 heterocycles. The van der Waals surface area contributed by atoms with Crippen molar-refractivity contribution in [2.24, 2.45) is 0 Å². The number of ether oxygens (including phenoxy) is 1. The molecule has 0 spiro atoms. The fraction of sp³-hybridized carbons (Fsp3) is 0.304. The summed E-state index contributed by atoms with van der Waals surface area (Å²) in [4.78, 5) is 19.9. The van der Waals surface area contributed by atoms with Gasteiger partial charge in [0.15, 0.2) is 7.96 Å². The van der Waals surface area contributed by atoms with Crippen LogP contribution >= 0.6 is 11.3 Å². The van der Waals surface area contributed by atoms with Crippen molar-refractivity contribution in [3.63, 3.8) is 0 Å². The largest absolute Gasteiger partial charge is 0.491 e. The summed E-state index contributed by atoms with van der Waals surface area (Å²) in [6.07, 6.45) is -0.0585. The molecule has 0 aliphatic carbocycles. The third-order valence-electron chi connectivity index (χ3n) is 5.45. The van der Waals surface area contributed by atoms with E-state index >= 15 is 0 Å². The molecule has 4 aromatic rings. The summed E-state index contributed by atoms with van der Waals surface area (Å²) in [7, 11) is 0. The first-order chi connectivity index (χ1) is 17.1. The molecule has 0 amide bonds. The number of anilines is 3. The van der Waals surface area contributed by atoms with Gasteiger partial charge in [0.2, 0.25) is 5.95 Å². The van der Waals surface area contributed by atoms with Crippen LogP contribution in [0.5, 0.6) is 5.75 Å². The van der Waals surface area contributed by atoms with Crippen molar-refractivity contribution in [3.05, 3.63) is 47.2 Å². The van der Waals surface area contributed by atoms with Crippen molar-refractivity contribution < 1.29 is 10.3 Å². The van der Waals surface area contributed by atoms with E-state index in [1.165, 1.54) is 0 Å². The van der Waals surface area contributed by atoms with Crippen LogP contribution in [-0.4, -0.2) is 33.1 Å². The second kappa shape index (κ2) is 7.90. The van der Waals surface area contributed by atoms with Crippen LogP contribution in [0.25, 0.3) is 21.5 Å². The van der Waals surface area contributed by atoms with E-state index in [0.29, 0.717) is 41.4 Å². The molecule has 0 fully saturated rings. The number of nitrogens with two attached hydrogens (primary N) is 2. The molecule has 8 nitrogen and oxygen atoms in total. The Labute approximate surface area is 196 Å². The monoisotopic (exact) mass is 451 g/mol. The van der Waals surface area contributed by atoms with Gasteiger partial charge in [-0.05, 0) is 36.6 Å². The second-order valence-corrected chi connectivity index (χ2v) is 8.98. The number of hydrogen-bond acceptors (Lipinski definition) is 9. The van der Waals surface area contributed by atoms with Gasteiger partial charge in [0, 0.05) is 35.1 Å². The molecule has 0 saturated heterocycles. The van der Waals surface area contributed by atoms with Gasteiger partial charge in [-0.15, -0.1) is 0 Å². The molecule has 1 aliphatic rings. The molecule has 5 rings (SSSR count). The van der Waals surface area contributed by atoms with E-state index in [0.717, 1.165) is 39.7 Å². The standard InChI is InChI=1S/C23H25N7OS/c1-12(2)19-13(3)27-22(24)29-20(19)30-6-7-31-18-5-4-14(8-16(18)11-30)15-9-17-21(26-10-15)32-23(25)28-17/h4-5,8-10,12H,6-7,11H2,1-3H3,(H2,25,28)(H2,24,27,29)/i9D,10D/hD2. The number of aromatic nitrogens is 4. The Kier molecular flexibility index (Phi) is 4.00. The SMILES string of the molecule is [2H]c1nc2sc(N([2H])[2H])nc2c([2H])c1-c1ccc2c(c1)CN(c1nc(N)nc(C)c1C(C)C)CCO2. The summed E-state index contributed by atoms with van der Waals surface area (Å²) < 4.78 is 38.2. The van der Waals surface area contributed by atoms with Crippen LogP contribution in [0.1, 0.15) is 39.3 Å². The number of fused-ring (bicyclic) bond motifs is 2. The number of benzene rings is 1. The quantitative estimate of drug-likeness (QED) is 0.475. The number of nitrogen functional groups attached to an aromatic ring is 2. The first-order valence-corrected chi connectivity index (χ1v) is 11.2. The summed E-state index contributed by atoms with van der Waals surface area (Å²) >= 11 is 1.01. The van der Waals surface area contributed by atoms with Crippen molar-refractivity contribution in [1.82, 2.24) is 19.9 Å². The van der Waals surface area contributed by atoms with Crippen molar-refractivity contribution in [2.75, 3.05) is 29.5 Å². The van der Waals surface area contributed by atoms with Crippen LogP contribution in [0.3, 0.4) is 0 Å². The van der Waals surface area contributed by atoms with E-state index in [1.807, 2.05) is 25.1 Å². The number of nitrogens with zero attached hydrogens (tertiary/aromatic N) is 5. The Bertz CT molecular complexity index is 1480. The summed E-state index contributed by atoms with van der Waals surface area (Å²) in [5.41, 5.74) is 10.4. The van der Waals surface area contributed by atoms with Gasteiger partial charge >= 0.3 is 0 Å². The maximum absolute atomic E-state index is 8.72. The minimum Gasteiger partial charge on any atom is -0.491 e. The smallest absolute Gasteiger partial charge is 0.222 e. The molecule has 0 radical (unpaired) electrons. The Morgan fingerprint density at radius 2 is 2.12 bits per heavy atom. The maximum atomic E-state index is 8.72. The van der Waals surface area contributed by atoms with Crippen LogP contribution in [0, 0.1) is 6.92 Å². The van der Waals surface area contributed by atoms with Crippen molar-refractivity contribution >= 4 is 38.6 Å². The highest BCUT2D eigenvalue weighted by Gasteiger charge is 2.23. The van der Waals surface area contributed by atoms with E-state index in [1.54, 1.807) is 0 Å². The molecule has 0 atom stereocenters. The highest BCUT2D eigenvalue weighted by molar-refractivity contribution is 7.21. The molecule has 0 saturated carbocycles. The maximum Gasteiger partial charge on any atom is 0.222 e. The number of pyridine rings is 1. The molecule has 1 aromatic carbocycles. The molecule has 9 heteroatoms. The van der Waals surface area contributed by atoms with E-state index in [-0.39, 0.29) is 34.7 Å². The Morgan fingerprint density at radius 3 is 2.94 bits per heavy atom. The molecule has 3 aromatic heterocycles. The summed E-state index contributed by atoms with van der Waals surface area (Å²) in [6.45, 7) is 7.72. The minimum absolute atomic E-state index is 0.0435. The summed E-state index contributed by atoms with van der Waals surface area (Å²) in [5, 5.41) is 0.0916. The van der Waals surface area contributed by atoms with Gasteiger partial charge in [0.1, 0.15) is 28.5 Å². The van der Waals surface area contributed by atoms with E-state index in [9.17, 15) is 0 Å². The van der Waals surface area contributed by atoms with Crippen LogP contribution in [0.2, 0.25) is 2.82 Å². The predicted octanol–water partition coefficient (Wildman–Crippen LogP) is 4.14. The lowest BCUT2D eigenvalue weighted by molar-refractivity contribution is 0.331. The highest BCUT2D eigenvalue weighted by Crippen LogP contribution is 2.35. The zero-order valence-electron chi connectivity index (χ0n) is 22.0. The number of rotatable bonds is 4. The Morgan fingerprint density at radius 1 is 1.25 bits per heavy atom. The summed E-state index contributed by atoms with van der Waals surface area (Å²) in [6, 6.07) is 5.62. The molecular formula is C23H25N7OS. The molecule has 0 bridgehead atoms. The first-order valence-electron chi connectivity index (χ1n) is 12.2. The molecule has 1 aliphatic heterocycles. The average molecular weight is 452 g/mol. The normalized spacial score (nSPS) is 15.4. The fourth-order valence-corrected chi connectivity index (χ4v) is 4.68. The van der Waals surface area contributed by atoms with Gasteiger partial charge in [-0.2, -0.15) is 4.98 Å². The zero-order valence-corrected chi connectivity index (χ0v) is 18.8. The third-order valence-corrected chi connectivity index (χ3v) is 6.20. The zero-order chi connectivity index (χ0) is 25.7. The average Bonchev–Trinajstić information content (AvgIpc) is 3.12. The molecule has 164 valence electrons. The Balaban J connectivity index is 1.59. The fourth-order valence-electron chi connectivity index (χ4n) is 4.08. The van der Waals surface area contributed by atoms with Crippen LogP contribution < -0.4 is 21.1 Å². The van der Waals surface area contributed by atoms with Gasteiger partial charge in [0.25, 0.3) is 0 Å². The third kappa shape index (κ3) is 3.69. The van der Waals surface area contributed by atoms with Crippen LogP contribution in [0.15, 0.2) is 30.4 Å². The van der Waals surface area contributed by atoms with E-state index < -0.39 is 0 Å².